The number of amides is 1. The van der Waals surface area contributed by atoms with Crippen LogP contribution in [0.1, 0.15) is 27.9 Å². The first-order valence-corrected chi connectivity index (χ1v) is 7.94. The second kappa shape index (κ2) is 9.30. The fraction of sp³-hybridized carbons (Fsp3) is 0.263. The summed E-state index contributed by atoms with van der Waals surface area (Å²) in [7, 11) is 1.54. The molecule has 1 heterocycles. The summed E-state index contributed by atoms with van der Waals surface area (Å²) in [6.45, 7) is 3.73. The summed E-state index contributed by atoms with van der Waals surface area (Å²) < 4.78 is 10.5. The molecule has 0 aliphatic carbocycles. The Morgan fingerprint density at radius 2 is 2.08 bits per heavy atom. The number of methoxy groups -OCH3 is 1. The minimum absolute atomic E-state index is 0.109. The third-order valence-electron chi connectivity index (χ3n) is 3.43. The lowest BCUT2D eigenvalue weighted by atomic mass is 10.1. The van der Waals surface area contributed by atoms with E-state index in [-0.39, 0.29) is 24.7 Å². The van der Waals surface area contributed by atoms with E-state index >= 15 is 0 Å². The van der Waals surface area contributed by atoms with E-state index in [2.05, 4.69) is 15.5 Å². The molecule has 26 heavy (non-hydrogen) atoms. The number of aryl methyl sites for hydroxylation is 2. The lowest BCUT2D eigenvalue weighted by Crippen LogP contribution is -2.25. The standard InChI is InChI=1S/C19H20N4O3/c1-13-4-6-15(7-5-13)10-21-23-18(24)12-26-19-17(9-20)16(11-25-3)8-14(2)22-19/h4-8,10H,11-12H2,1-3H3,(H,23,24)/b21-10-. The van der Waals surface area contributed by atoms with Crippen LogP contribution in [0.15, 0.2) is 35.4 Å². The average Bonchev–Trinajstić information content (AvgIpc) is 2.62. The van der Waals surface area contributed by atoms with Crippen molar-refractivity contribution in [2.75, 3.05) is 13.7 Å². The molecule has 1 aromatic carbocycles. The molecule has 0 aliphatic heterocycles. The Bertz CT molecular complexity index is 839. The van der Waals surface area contributed by atoms with Crippen LogP contribution in [0.2, 0.25) is 0 Å². The fourth-order valence-electron chi connectivity index (χ4n) is 2.20. The highest BCUT2D eigenvalue weighted by molar-refractivity contribution is 5.82. The van der Waals surface area contributed by atoms with Crippen molar-refractivity contribution >= 4 is 12.1 Å². The van der Waals surface area contributed by atoms with Crippen molar-refractivity contribution in [1.29, 1.82) is 5.26 Å². The normalized spacial score (nSPS) is 10.5. The van der Waals surface area contributed by atoms with E-state index in [1.807, 2.05) is 37.3 Å². The molecule has 2 rings (SSSR count). The first-order chi connectivity index (χ1) is 12.5. The number of benzene rings is 1. The Labute approximate surface area is 152 Å². The SMILES string of the molecule is COCc1cc(C)nc(OCC(=O)N/N=C\c2ccc(C)cc2)c1C#N. The van der Waals surface area contributed by atoms with Gasteiger partial charge in [0.05, 0.1) is 12.8 Å². The topological polar surface area (TPSA) is 96.6 Å². The van der Waals surface area contributed by atoms with Gasteiger partial charge in [-0.1, -0.05) is 29.8 Å². The summed E-state index contributed by atoms with van der Waals surface area (Å²) >= 11 is 0. The van der Waals surface area contributed by atoms with E-state index in [0.29, 0.717) is 11.3 Å². The first-order valence-electron chi connectivity index (χ1n) is 7.94. The van der Waals surface area contributed by atoms with Crippen LogP contribution in [-0.4, -0.2) is 30.8 Å². The molecule has 0 saturated heterocycles. The van der Waals surface area contributed by atoms with Crippen LogP contribution >= 0.6 is 0 Å². The van der Waals surface area contributed by atoms with Crippen molar-refractivity contribution in [3.63, 3.8) is 0 Å². The van der Waals surface area contributed by atoms with Gasteiger partial charge in [-0.2, -0.15) is 10.4 Å². The van der Waals surface area contributed by atoms with Crippen molar-refractivity contribution in [3.8, 4) is 11.9 Å². The van der Waals surface area contributed by atoms with E-state index in [4.69, 9.17) is 9.47 Å². The number of nitriles is 1. The fourth-order valence-corrected chi connectivity index (χ4v) is 2.20. The van der Waals surface area contributed by atoms with Crippen molar-refractivity contribution in [3.05, 3.63) is 58.3 Å². The maximum absolute atomic E-state index is 11.9. The number of carbonyl (C=O) groups excluding carboxylic acids is 1. The van der Waals surface area contributed by atoms with Crippen LogP contribution in [0.5, 0.6) is 5.88 Å². The molecule has 0 unspecified atom stereocenters. The first kappa shape index (κ1) is 19.1. The molecule has 0 radical (unpaired) electrons. The Balaban J connectivity index is 1.96. The number of nitrogens with one attached hydrogen (secondary N) is 1. The zero-order valence-electron chi connectivity index (χ0n) is 14.9. The van der Waals surface area contributed by atoms with Crippen molar-refractivity contribution in [2.24, 2.45) is 5.10 Å². The van der Waals surface area contributed by atoms with Gasteiger partial charge in [0, 0.05) is 18.4 Å². The molecule has 7 heteroatoms. The summed E-state index contributed by atoms with van der Waals surface area (Å²) in [6.07, 6.45) is 1.54. The number of hydrogen-bond donors (Lipinski definition) is 1. The van der Waals surface area contributed by atoms with Crippen molar-refractivity contribution < 1.29 is 14.3 Å². The molecule has 7 nitrogen and oxygen atoms in total. The van der Waals surface area contributed by atoms with Gasteiger partial charge in [-0.3, -0.25) is 4.79 Å². The summed E-state index contributed by atoms with van der Waals surface area (Å²) in [5, 5.41) is 13.2. The Hall–Kier alpha value is -3.24. The number of hydrazone groups is 1. The van der Waals surface area contributed by atoms with Gasteiger partial charge in [-0.25, -0.2) is 10.4 Å². The van der Waals surface area contributed by atoms with Gasteiger partial charge in [0.25, 0.3) is 5.91 Å². The molecule has 0 spiro atoms. The molecular formula is C19H20N4O3. The van der Waals surface area contributed by atoms with E-state index in [9.17, 15) is 10.1 Å². The number of hydrogen-bond acceptors (Lipinski definition) is 6. The van der Waals surface area contributed by atoms with Crippen LogP contribution < -0.4 is 10.2 Å². The van der Waals surface area contributed by atoms with Gasteiger partial charge in [-0.15, -0.1) is 0 Å². The summed E-state index contributed by atoms with van der Waals surface area (Å²) in [5.41, 5.74) is 5.98. The molecule has 0 bridgehead atoms. The second-order valence-electron chi connectivity index (χ2n) is 5.64. The molecular weight excluding hydrogens is 332 g/mol. The van der Waals surface area contributed by atoms with Gasteiger partial charge >= 0.3 is 0 Å². The van der Waals surface area contributed by atoms with E-state index < -0.39 is 5.91 Å². The van der Waals surface area contributed by atoms with Crippen LogP contribution in [0.25, 0.3) is 0 Å². The van der Waals surface area contributed by atoms with Gasteiger partial charge in [0.2, 0.25) is 5.88 Å². The largest absolute Gasteiger partial charge is 0.467 e. The van der Waals surface area contributed by atoms with E-state index in [1.165, 1.54) is 7.11 Å². The molecule has 134 valence electrons. The summed E-state index contributed by atoms with van der Waals surface area (Å²) in [5.74, 6) is -0.342. The van der Waals surface area contributed by atoms with Gasteiger partial charge in [0.15, 0.2) is 6.61 Å². The summed E-state index contributed by atoms with van der Waals surface area (Å²) in [4.78, 5) is 16.0. The number of carbonyl (C=O) groups is 1. The third-order valence-corrected chi connectivity index (χ3v) is 3.43. The van der Waals surface area contributed by atoms with E-state index in [1.54, 1.807) is 19.2 Å². The number of rotatable bonds is 7. The predicted molar refractivity (Wildman–Crippen MR) is 96.8 cm³/mol. The second-order valence-corrected chi connectivity index (χ2v) is 5.64. The van der Waals surface area contributed by atoms with Gasteiger partial charge < -0.3 is 9.47 Å². The maximum Gasteiger partial charge on any atom is 0.278 e. The lowest BCUT2D eigenvalue weighted by molar-refractivity contribution is -0.123. The highest BCUT2D eigenvalue weighted by Crippen LogP contribution is 2.21. The highest BCUT2D eigenvalue weighted by Gasteiger charge is 2.14. The zero-order chi connectivity index (χ0) is 18.9. The highest BCUT2D eigenvalue weighted by atomic mass is 16.5. The van der Waals surface area contributed by atoms with Crippen LogP contribution in [0.4, 0.5) is 0 Å². The lowest BCUT2D eigenvalue weighted by Gasteiger charge is -2.10. The molecule has 0 saturated carbocycles. The van der Waals surface area contributed by atoms with Crippen LogP contribution in [0.3, 0.4) is 0 Å². The number of nitrogens with zero attached hydrogens (tertiary/aromatic N) is 3. The monoisotopic (exact) mass is 352 g/mol. The maximum atomic E-state index is 11.9. The molecule has 0 atom stereocenters. The van der Waals surface area contributed by atoms with E-state index in [0.717, 1.165) is 11.1 Å². The Morgan fingerprint density at radius 3 is 2.73 bits per heavy atom. The summed E-state index contributed by atoms with van der Waals surface area (Å²) in [6, 6.07) is 11.5. The van der Waals surface area contributed by atoms with Gasteiger partial charge in [0.1, 0.15) is 11.6 Å². The van der Waals surface area contributed by atoms with Crippen LogP contribution in [-0.2, 0) is 16.1 Å². The molecule has 1 amide bonds. The minimum Gasteiger partial charge on any atom is -0.467 e. The molecule has 2 aromatic rings. The Kier molecular flexibility index (Phi) is 6.83. The molecule has 0 aliphatic rings. The quantitative estimate of drug-likeness (QED) is 0.609. The Morgan fingerprint density at radius 1 is 1.35 bits per heavy atom. The third kappa shape index (κ3) is 5.40. The number of pyridine rings is 1. The smallest absolute Gasteiger partial charge is 0.278 e. The average molecular weight is 352 g/mol. The number of ether oxygens (including phenoxy) is 2. The zero-order valence-corrected chi connectivity index (χ0v) is 14.9. The molecule has 1 aromatic heterocycles. The molecule has 0 fully saturated rings. The van der Waals surface area contributed by atoms with Gasteiger partial charge in [-0.05, 0) is 25.5 Å². The number of aromatic nitrogens is 1. The predicted octanol–water partition coefficient (Wildman–Crippen LogP) is 2.25. The van der Waals surface area contributed by atoms with Crippen molar-refractivity contribution in [2.45, 2.75) is 20.5 Å². The van der Waals surface area contributed by atoms with Crippen molar-refractivity contribution in [1.82, 2.24) is 10.4 Å². The van der Waals surface area contributed by atoms with Crippen LogP contribution in [0, 0.1) is 25.2 Å². The molecule has 1 N–H and O–H groups in total. The minimum atomic E-state index is -0.450.